The van der Waals surface area contributed by atoms with Crippen molar-refractivity contribution < 1.29 is 9.53 Å². The van der Waals surface area contributed by atoms with E-state index in [-0.39, 0.29) is 36.8 Å². The van der Waals surface area contributed by atoms with E-state index in [2.05, 4.69) is 53.6 Å². The molecule has 0 spiro atoms. The Morgan fingerprint density at radius 3 is 2.52 bits per heavy atom. The summed E-state index contributed by atoms with van der Waals surface area (Å²) in [6.07, 6.45) is 0.574. The fraction of sp³-hybridized carbons (Fsp3) is 0.611. The van der Waals surface area contributed by atoms with Crippen molar-refractivity contribution in [1.29, 1.82) is 0 Å². The number of hydrogen-bond donors (Lipinski definition) is 2. The largest absolute Gasteiger partial charge is 0.366 e. The minimum atomic E-state index is -0.363. The van der Waals surface area contributed by atoms with Gasteiger partial charge >= 0.3 is 0 Å². The van der Waals surface area contributed by atoms with Crippen LogP contribution in [0.3, 0.4) is 0 Å². The third-order valence-corrected chi connectivity index (χ3v) is 4.37. The summed E-state index contributed by atoms with van der Waals surface area (Å²) in [5, 5.41) is 6.27. The number of nitrogens with one attached hydrogen (secondary N) is 2. The molecule has 1 fully saturated rings. The van der Waals surface area contributed by atoms with Crippen LogP contribution in [0, 0.1) is 0 Å². The molecule has 1 amide bonds. The standard InChI is InChI=1S/C18H29N3O2.2ClH/c1-3-21(4-2)16(12-15-8-6-5-7-9-15)13-20-18(22)17-14-19-10-11-23-17;;/h5-9,16-17,19H,3-4,10-14H2,1-2H3,(H,20,22);2*1H. The van der Waals surface area contributed by atoms with Gasteiger partial charge in [-0.05, 0) is 25.1 Å². The molecule has 1 aliphatic rings. The first kappa shape index (κ1) is 24.1. The molecule has 1 saturated heterocycles. The van der Waals surface area contributed by atoms with Crippen molar-refractivity contribution in [2.75, 3.05) is 39.3 Å². The van der Waals surface area contributed by atoms with Gasteiger partial charge in [0.15, 0.2) is 0 Å². The first-order valence-corrected chi connectivity index (χ1v) is 8.62. The highest BCUT2D eigenvalue weighted by molar-refractivity contribution is 5.85. The van der Waals surface area contributed by atoms with Crippen molar-refractivity contribution in [2.24, 2.45) is 0 Å². The third-order valence-electron chi connectivity index (χ3n) is 4.37. The number of rotatable bonds is 8. The number of amides is 1. The second-order valence-electron chi connectivity index (χ2n) is 5.87. The van der Waals surface area contributed by atoms with E-state index < -0.39 is 0 Å². The fourth-order valence-electron chi connectivity index (χ4n) is 3.02. The molecular weight excluding hydrogens is 361 g/mol. The van der Waals surface area contributed by atoms with Crippen LogP contribution in [0.15, 0.2) is 30.3 Å². The first-order chi connectivity index (χ1) is 11.2. The molecule has 2 rings (SSSR count). The fourth-order valence-corrected chi connectivity index (χ4v) is 3.02. The number of halogens is 2. The summed E-state index contributed by atoms with van der Waals surface area (Å²) >= 11 is 0. The molecule has 5 nitrogen and oxygen atoms in total. The Kier molecular flexibility index (Phi) is 12.9. The van der Waals surface area contributed by atoms with Gasteiger partial charge in [-0.2, -0.15) is 0 Å². The van der Waals surface area contributed by atoms with Crippen LogP contribution in [0.5, 0.6) is 0 Å². The van der Waals surface area contributed by atoms with Gasteiger partial charge in [-0.1, -0.05) is 44.2 Å². The lowest BCUT2D eigenvalue weighted by atomic mass is 10.0. The smallest absolute Gasteiger partial charge is 0.250 e. The van der Waals surface area contributed by atoms with Crippen molar-refractivity contribution in [1.82, 2.24) is 15.5 Å². The van der Waals surface area contributed by atoms with Gasteiger partial charge in [-0.25, -0.2) is 0 Å². The molecule has 0 aromatic heterocycles. The van der Waals surface area contributed by atoms with Gasteiger partial charge in [0.1, 0.15) is 6.10 Å². The molecule has 2 atom stereocenters. The zero-order valence-corrected chi connectivity index (χ0v) is 16.7. The minimum Gasteiger partial charge on any atom is -0.366 e. The third kappa shape index (κ3) is 7.92. The first-order valence-electron chi connectivity index (χ1n) is 8.62. The van der Waals surface area contributed by atoms with Crippen LogP contribution in [0.2, 0.25) is 0 Å². The predicted octanol–water partition coefficient (Wildman–Crippen LogP) is 1.89. The van der Waals surface area contributed by atoms with E-state index in [1.807, 2.05) is 6.07 Å². The molecule has 2 N–H and O–H groups in total. The molecule has 7 heteroatoms. The summed E-state index contributed by atoms with van der Waals surface area (Å²) < 4.78 is 5.52. The zero-order chi connectivity index (χ0) is 16.5. The average molecular weight is 392 g/mol. The molecule has 0 aliphatic carbocycles. The van der Waals surface area contributed by atoms with E-state index in [0.717, 1.165) is 26.1 Å². The van der Waals surface area contributed by atoms with E-state index in [1.54, 1.807) is 0 Å². The molecule has 144 valence electrons. The molecule has 1 aliphatic heterocycles. The summed E-state index contributed by atoms with van der Waals surface area (Å²) in [6.45, 7) is 8.95. The number of benzene rings is 1. The van der Waals surface area contributed by atoms with E-state index in [4.69, 9.17) is 4.74 Å². The summed E-state index contributed by atoms with van der Waals surface area (Å²) in [7, 11) is 0. The number of morpholine rings is 1. The molecular formula is C18H31Cl2N3O2. The van der Waals surface area contributed by atoms with Crippen LogP contribution < -0.4 is 10.6 Å². The van der Waals surface area contributed by atoms with Gasteiger partial charge in [-0.15, -0.1) is 24.8 Å². The van der Waals surface area contributed by atoms with Crippen LogP contribution >= 0.6 is 24.8 Å². The van der Waals surface area contributed by atoms with Gasteiger partial charge in [0, 0.05) is 25.7 Å². The molecule has 25 heavy (non-hydrogen) atoms. The zero-order valence-electron chi connectivity index (χ0n) is 15.1. The quantitative estimate of drug-likeness (QED) is 0.710. The number of carbonyl (C=O) groups excluding carboxylic acids is 1. The molecule has 1 aromatic rings. The molecule has 0 saturated carbocycles. The normalized spacial score (nSPS) is 18.0. The maximum atomic E-state index is 12.3. The Balaban J connectivity index is 0.00000288. The molecule has 0 bridgehead atoms. The van der Waals surface area contributed by atoms with Gasteiger partial charge in [0.2, 0.25) is 0 Å². The molecule has 1 heterocycles. The number of ether oxygens (including phenoxy) is 1. The maximum absolute atomic E-state index is 12.3. The average Bonchev–Trinajstić information content (AvgIpc) is 2.62. The highest BCUT2D eigenvalue weighted by Gasteiger charge is 2.23. The van der Waals surface area contributed by atoms with Crippen molar-refractivity contribution in [3.63, 3.8) is 0 Å². The van der Waals surface area contributed by atoms with Gasteiger partial charge < -0.3 is 15.4 Å². The summed E-state index contributed by atoms with van der Waals surface area (Å²) in [5.74, 6) is -0.0117. The lowest BCUT2D eigenvalue weighted by Gasteiger charge is -2.31. The molecule has 0 radical (unpaired) electrons. The SMILES string of the molecule is CCN(CC)C(CNC(=O)C1CNCCO1)Cc1ccccc1.Cl.Cl. The Morgan fingerprint density at radius 1 is 1.28 bits per heavy atom. The topological polar surface area (TPSA) is 53.6 Å². The molecule has 2 unspecified atom stereocenters. The van der Waals surface area contributed by atoms with Crippen molar-refractivity contribution >= 4 is 30.7 Å². The summed E-state index contributed by atoms with van der Waals surface area (Å²) in [6, 6.07) is 10.8. The minimum absolute atomic E-state index is 0. The highest BCUT2D eigenvalue weighted by atomic mass is 35.5. The predicted molar refractivity (Wildman–Crippen MR) is 107 cm³/mol. The maximum Gasteiger partial charge on any atom is 0.250 e. The van der Waals surface area contributed by atoms with Crippen LogP contribution in [0.4, 0.5) is 0 Å². The lowest BCUT2D eigenvalue weighted by molar-refractivity contribution is -0.134. The number of carbonyl (C=O) groups is 1. The Labute approximate surface area is 163 Å². The number of hydrogen-bond acceptors (Lipinski definition) is 4. The van der Waals surface area contributed by atoms with Crippen molar-refractivity contribution in [3.8, 4) is 0 Å². The Morgan fingerprint density at radius 2 is 1.96 bits per heavy atom. The Bertz CT molecular complexity index is 467. The van der Waals surface area contributed by atoms with Gasteiger partial charge in [-0.3, -0.25) is 9.69 Å². The van der Waals surface area contributed by atoms with E-state index in [0.29, 0.717) is 25.7 Å². The van der Waals surface area contributed by atoms with Crippen LogP contribution in [0.25, 0.3) is 0 Å². The van der Waals surface area contributed by atoms with Crippen LogP contribution in [0.1, 0.15) is 19.4 Å². The lowest BCUT2D eigenvalue weighted by Crippen LogP contribution is -2.51. The van der Waals surface area contributed by atoms with E-state index in [9.17, 15) is 4.79 Å². The molecule has 1 aromatic carbocycles. The van der Waals surface area contributed by atoms with Gasteiger partial charge in [0.05, 0.1) is 6.61 Å². The van der Waals surface area contributed by atoms with Crippen LogP contribution in [-0.4, -0.2) is 62.3 Å². The highest BCUT2D eigenvalue weighted by Crippen LogP contribution is 2.09. The number of nitrogens with zero attached hydrogens (tertiary/aromatic N) is 1. The van der Waals surface area contributed by atoms with Crippen molar-refractivity contribution in [2.45, 2.75) is 32.4 Å². The second kappa shape index (κ2) is 13.4. The van der Waals surface area contributed by atoms with Crippen molar-refractivity contribution in [3.05, 3.63) is 35.9 Å². The van der Waals surface area contributed by atoms with Gasteiger partial charge in [0.25, 0.3) is 5.91 Å². The Hall–Kier alpha value is -0.850. The van der Waals surface area contributed by atoms with Crippen LogP contribution in [-0.2, 0) is 16.0 Å². The monoisotopic (exact) mass is 391 g/mol. The summed E-state index contributed by atoms with van der Waals surface area (Å²) in [5.41, 5.74) is 1.30. The van der Waals surface area contributed by atoms with E-state index in [1.165, 1.54) is 5.56 Å². The summed E-state index contributed by atoms with van der Waals surface area (Å²) in [4.78, 5) is 14.7. The number of likely N-dealkylation sites (N-methyl/N-ethyl adjacent to an activating group) is 1. The van der Waals surface area contributed by atoms with E-state index >= 15 is 0 Å². The second-order valence-corrected chi connectivity index (χ2v) is 5.87.